The fourth-order valence-corrected chi connectivity index (χ4v) is 6.27. The van der Waals surface area contributed by atoms with Crippen molar-refractivity contribution in [3.05, 3.63) is 24.2 Å². The average molecular weight is 379 g/mol. The number of rotatable bonds is 4. The molecule has 27 heavy (non-hydrogen) atoms. The topological polar surface area (TPSA) is 79.9 Å². The summed E-state index contributed by atoms with van der Waals surface area (Å²) in [5.74, 6) is -0.883. The standard InChI is InChI=1S/C22H34O5/c1-14-17(24)18(27-15(2)23)19-20(3,4)9-6-10-21(19,5)22(14,25)11-7-16-8-12-26-13-16/h8,12-14,17-19,24-25H,6-7,9-11H2,1-5H3/t14-,17+,18+,19-,21-,22+/m0/s1. The van der Waals surface area contributed by atoms with Crippen molar-refractivity contribution in [1.29, 1.82) is 0 Å². The number of hydrogen-bond acceptors (Lipinski definition) is 5. The number of esters is 1. The smallest absolute Gasteiger partial charge is 0.303 e. The lowest BCUT2D eigenvalue weighted by Gasteiger charge is -2.65. The average Bonchev–Trinajstić information content (AvgIpc) is 3.08. The predicted molar refractivity (Wildman–Crippen MR) is 102 cm³/mol. The molecule has 0 aromatic carbocycles. The Morgan fingerprint density at radius 3 is 2.63 bits per heavy atom. The van der Waals surface area contributed by atoms with Crippen LogP contribution in [0, 0.1) is 22.7 Å². The van der Waals surface area contributed by atoms with Gasteiger partial charge >= 0.3 is 5.97 Å². The Labute approximate surface area is 162 Å². The number of fused-ring (bicyclic) bond motifs is 1. The van der Waals surface area contributed by atoms with Gasteiger partial charge in [0.15, 0.2) is 0 Å². The minimum atomic E-state index is -1.05. The van der Waals surface area contributed by atoms with E-state index >= 15 is 0 Å². The second-order valence-electron chi connectivity index (χ2n) is 9.65. The first-order valence-electron chi connectivity index (χ1n) is 10.1. The van der Waals surface area contributed by atoms with Crippen molar-refractivity contribution < 1.29 is 24.2 Å². The third-order valence-electron chi connectivity index (χ3n) is 7.64. The number of carbonyl (C=O) groups excluding carboxylic acids is 1. The molecule has 2 N–H and O–H groups in total. The lowest BCUT2D eigenvalue weighted by atomic mass is 9.42. The van der Waals surface area contributed by atoms with Gasteiger partial charge in [-0.2, -0.15) is 0 Å². The first-order valence-corrected chi connectivity index (χ1v) is 10.1. The van der Waals surface area contributed by atoms with Crippen molar-refractivity contribution in [2.75, 3.05) is 0 Å². The van der Waals surface area contributed by atoms with Crippen LogP contribution in [0.2, 0.25) is 0 Å². The van der Waals surface area contributed by atoms with Crippen molar-refractivity contribution in [3.8, 4) is 0 Å². The molecule has 2 aliphatic rings. The summed E-state index contributed by atoms with van der Waals surface area (Å²) in [6.45, 7) is 9.76. The third kappa shape index (κ3) is 3.23. The van der Waals surface area contributed by atoms with Gasteiger partial charge in [-0.25, -0.2) is 0 Å². The van der Waals surface area contributed by atoms with Crippen LogP contribution in [0.5, 0.6) is 0 Å². The predicted octanol–water partition coefficient (Wildman–Crippen LogP) is 3.72. The van der Waals surface area contributed by atoms with E-state index in [1.54, 1.807) is 12.5 Å². The Kier molecular flexibility index (Phi) is 5.23. The first-order chi connectivity index (χ1) is 12.5. The highest BCUT2D eigenvalue weighted by Crippen LogP contribution is 2.64. The molecule has 1 aromatic rings. The van der Waals surface area contributed by atoms with Crippen LogP contribution in [0.1, 0.15) is 65.9 Å². The Balaban J connectivity index is 2.02. The van der Waals surface area contributed by atoms with E-state index in [4.69, 9.17) is 9.15 Å². The van der Waals surface area contributed by atoms with Crippen LogP contribution in [-0.2, 0) is 16.0 Å². The molecule has 0 bridgehead atoms. The molecule has 0 saturated heterocycles. The zero-order valence-corrected chi connectivity index (χ0v) is 17.2. The monoisotopic (exact) mass is 378 g/mol. The Morgan fingerprint density at radius 2 is 2.04 bits per heavy atom. The van der Waals surface area contributed by atoms with Crippen molar-refractivity contribution in [3.63, 3.8) is 0 Å². The third-order valence-corrected chi connectivity index (χ3v) is 7.64. The maximum absolute atomic E-state index is 12.0. The molecule has 3 rings (SSSR count). The van der Waals surface area contributed by atoms with E-state index in [2.05, 4.69) is 20.8 Å². The second kappa shape index (κ2) is 6.93. The van der Waals surface area contributed by atoms with Crippen LogP contribution in [-0.4, -0.2) is 34.0 Å². The Bertz CT molecular complexity index is 666. The highest BCUT2D eigenvalue weighted by molar-refractivity contribution is 5.66. The molecule has 0 aliphatic heterocycles. The van der Waals surface area contributed by atoms with Crippen LogP contribution in [0.25, 0.3) is 0 Å². The molecule has 0 radical (unpaired) electrons. The van der Waals surface area contributed by atoms with Crippen molar-refractivity contribution in [2.45, 2.75) is 84.5 Å². The van der Waals surface area contributed by atoms with E-state index < -0.39 is 29.1 Å². The lowest BCUT2D eigenvalue weighted by Crippen LogP contribution is -2.71. The van der Waals surface area contributed by atoms with Gasteiger partial charge in [0, 0.05) is 24.2 Å². The van der Waals surface area contributed by atoms with E-state index in [9.17, 15) is 15.0 Å². The summed E-state index contributed by atoms with van der Waals surface area (Å²) in [5.41, 5.74) is -0.597. The molecule has 6 atom stereocenters. The number of aliphatic hydroxyl groups is 2. The molecule has 2 aliphatic carbocycles. The fraction of sp³-hybridized carbons (Fsp3) is 0.773. The van der Waals surface area contributed by atoms with Gasteiger partial charge in [0.25, 0.3) is 0 Å². The molecule has 0 spiro atoms. The van der Waals surface area contributed by atoms with Crippen molar-refractivity contribution >= 4 is 5.97 Å². The van der Waals surface area contributed by atoms with E-state index in [-0.39, 0.29) is 17.3 Å². The molecule has 0 amide bonds. The summed E-state index contributed by atoms with van der Waals surface area (Å²) in [5, 5.41) is 23.1. The maximum Gasteiger partial charge on any atom is 0.303 e. The fourth-order valence-electron chi connectivity index (χ4n) is 6.27. The molecule has 5 nitrogen and oxygen atoms in total. The highest BCUT2D eigenvalue weighted by atomic mass is 16.6. The van der Waals surface area contributed by atoms with Gasteiger partial charge in [-0.3, -0.25) is 4.79 Å². The second-order valence-corrected chi connectivity index (χ2v) is 9.65. The molecule has 2 fully saturated rings. The Hall–Kier alpha value is -1.33. The first kappa shape index (κ1) is 20.4. The molecule has 152 valence electrons. The number of hydrogen-bond donors (Lipinski definition) is 2. The van der Waals surface area contributed by atoms with Crippen LogP contribution >= 0.6 is 0 Å². The van der Waals surface area contributed by atoms with Crippen LogP contribution in [0.15, 0.2) is 23.0 Å². The summed E-state index contributed by atoms with van der Waals surface area (Å²) in [7, 11) is 0. The largest absolute Gasteiger partial charge is 0.472 e. The summed E-state index contributed by atoms with van der Waals surface area (Å²) >= 11 is 0. The van der Waals surface area contributed by atoms with Gasteiger partial charge in [-0.1, -0.05) is 34.1 Å². The van der Waals surface area contributed by atoms with Crippen molar-refractivity contribution in [2.24, 2.45) is 22.7 Å². The number of ether oxygens (including phenoxy) is 1. The molecular weight excluding hydrogens is 344 g/mol. The zero-order chi connectivity index (χ0) is 20.0. The molecular formula is C22H34O5. The quantitative estimate of drug-likeness (QED) is 0.781. The summed E-state index contributed by atoms with van der Waals surface area (Å²) in [6.07, 6.45) is 5.96. The van der Waals surface area contributed by atoms with E-state index in [1.165, 1.54) is 6.92 Å². The van der Waals surface area contributed by atoms with Gasteiger partial charge < -0.3 is 19.4 Å². The van der Waals surface area contributed by atoms with Crippen LogP contribution in [0.4, 0.5) is 0 Å². The summed E-state index contributed by atoms with van der Waals surface area (Å²) < 4.78 is 10.8. The normalized spacial score (nSPS) is 41.0. The number of aryl methyl sites for hydroxylation is 1. The maximum atomic E-state index is 12.0. The van der Waals surface area contributed by atoms with E-state index in [0.29, 0.717) is 12.8 Å². The van der Waals surface area contributed by atoms with E-state index in [1.807, 2.05) is 13.0 Å². The molecule has 0 unspecified atom stereocenters. The van der Waals surface area contributed by atoms with Gasteiger partial charge in [0.1, 0.15) is 6.10 Å². The summed E-state index contributed by atoms with van der Waals surface area (Å²) in [4.78, 5) is 11.8. The minimum Gasteiger partial charge on any atom is -0.472 e. The van der Waals surface area contributed by atoms with E-state index in [0.717, 1.165) is 24.8 Å². The molecule has 1 heterocycles. The molecule has 2 saturated carbocycles. The van der Waals surface area contributed by atoms with Crippen LogP contribution in [0.3, 0.4) is 0 Å². The van der Waals surface area contributed by atoms with Gasteiger partial charge in [0.05, 0.1) is 24.2 Å². The number of carbonyl (C=O) groups is 1. The van der Waals surface area contributed by atoms with Gasteiger partial charge in [-0.05, 0) is 42.7 Å². The summed E-state index contributed by atoms with van der Waals surface area (Å²) in [6, 6.07) is 1.92. The van der Waals surface area contributed by atoms with Crippen LogP contribution < -0.4 is 0 Å². The highest BCUT2D eigenvalue weighted by Gasteiger charge is 2.67. The van der Waals surface area contributed by atoms with Gasteiger partial charge in [0.2, 0.25) is 0 Å². The SMILES string of the molecule is CC(=O)O[C@@H]1[C@H](O)[C@H](C)[C@](O)(CCc2ccoc2)[C@@]2(C)CCCC(C)(C)[C@H]12. The molecule has 5 heteroatoms. The lowest BCUT2D eigenvalue weighted by molar-refractivity contribution is -0.281. The number of furan rings is 1. The zero-order valence-electron chi connectivity index (χ0n) is 17.2. The number of aliphatic hydroxyl groups excluding tert-OH is 1. The van der Waals surface area contributed by atoms with Gasteiger partial charge in [-0.15, -0.1) is 0 Å². The Morgan fingerprint density at radius 1 is 1.33 bits per heavy atom. The minimum absolute atomic E-state index is 0.108. The van der Waals surface area contributed by atoms with Crippen molar-refractivity contribution in [1.82, 2.24) is 0 Å². The molecule has 1 aromatic heterocycles.